The Labute approximate surface area is 113 Å². The monoisotopic (exact) mass is 263 g/mol. The molecule has 1 fully saturated rings. The lowest BCUT2D eigenvalue weighted by atomic mass is 10.1. The summed E-state index contributed by atoms with van der Waals surface area (Å²) >= 11 is 0. The van der Waals surface area contributed by atoms with E-state index in [4.69, 9.17) is 5.73 Å². The Balaban J connectivity index is 2.17. The Hall–Kier alpha value is -1.78. The molecule has 0 heterocycles. The summed E-state index contributed by atoms with van der Waals surface area (Å²) < 4.78 is 0. The fraction of sp³-hybridized carbons (Fsp3) is 0.571. The van der Waals surface area contributed by atoms with E-state index in [1.54, 1.807) is 6.07 Å². The normalized spacial score (nSPS) is 14.7. The minimum atomic E-state index is -0.436. The maximum absolute atomic E-state index is 10.8. The smallest absolute Gasteiger partial charge is 0.292 e. The molecular weight excluding hydrogens is 242 g/mol. The van der Waals surface area contributed by atoms with Gasteiger partial charge < -0.3 is 10.6 Å². The van der Waals surface area contributed by atoms with E-state index in [1.165, 1.54) is 18.9 Å². The van der Waals surface area contributed by atoms with Crippen LogP contribution < -0.4 is 10.6 Å². The first-order valence-corrected chi connectivity index (χ1v) is 6.79. The second kappa shape index (κ2) is 5.47. The molecule has 104 valence electrons. The fourth-order valence-corrected chi connectivity index (χ4v) is 2.19. The van der Waals surface area contributed by atoms with Crippen molar-refractivity contribution in [2.45, 2.75) is 39.2 Å². The van der Waals surface area contributed by atoms with E-state index >= 15 is 0 Å². The van der Waals surface area contributed by atoms with Crippen LogP contribution in [0.1, 0.15) is 33.1 Å². The predicted octanol–water partition coefficient (Wildman–Crippen LogP) is 3.19. The molecule has 0 amide bonds. The first kappa shape index (κ1) is 13.6. The van der Waals surface area contributed by atoms with Crippen LogP contribution in [0.4, 0.5) is 17.1 Å². The third-order valence-electron chi connectivity index (χ3n) is 3.47. The molecule has 2 N–H and O–H groups in total. The SMILES string of the molecule is CC(C)CCN(c1ccc([N+](=O)[O-])c(N)c1)C1CC1. The van der Waals surface area contributed by atoms with Gasteiger partial charge in [0.25, 0.3) is 5.69 Å². The van der Waals surface area contributed by atoms with Crippen LogP contribution in [-0.2, 0) is 0 Å². The number of hydrogen-bond donors (Lipinski definition) is 1. The van der Waals surface area contributed by atoms with E-state index in [9.17, 15) is 10.1 Å². The van der Waals surface area contributed by atoms with Crippen molar-refractivity contribution in [3.8, 4) is 0 Å². The van der Waals surface area contributed by atoms with Gasteiger partial charge >= 0.3 is 0 Å². The van der Waals surface area contributed by atoms with Crippen LogP contribution in [0.5, 0.6) is 0 Å². The molecule has 5 nitrogen and oxygen atoms in total. The molecule has 0 aliphatic heterocycles. The van der Waals surface area contributed by atoms with Gasteiger partial charge in [-0.25, -0.2) is 0 Å². The molecule has 0 atom stereocenters. The van der Waals surface area contributed by atoms with E-state index in [2.05, 4.69) is 18.7 Å². The van der Waals surface area contributed by atoms with Gasteiger partial charge in [-0.05, 0) is 37.3 Å². The largest absolute Gasteiger partial charge is 0.393 e. The summed E-state index contributed by atoms with van der Waals surface area (Å²) in [4.78, 5) is 12.7. The van der Waals surface area contributed by atoms with Crippen LogP contribution in [0.2, 0.25) is 0 Å². The number of nitrogens with zero attached hydrogens (tertiary/aromatic N) is 2. The zero-order valence-corrected chi connectivity index (χ0v) is 11.5. The topological polar surface area (TPSA) is 72.4 Å². The van der Waals surface area contributed by atoms with Crippen LogP contribution in [-0.4, -0.2) is 17.5 Å². The maximum atomic E-state index is 10.8. The highest BCUT2D eigenvalue weighted by atomic mass is 16.6. The lowest BCUT2D eigenvalue weighted by Crippen LogP contribution is -2.27. The predicted molar refractivity (Wildman–Crippen MR) is 77.3 cm³/mol. The first-order chi connectivity index (χ1) is 8.99. The number of nitrogens with two attached hydrogens (primary N) is 1. The van der Waals surface area contributed by atoms with Gasteiger partial charge in [-0.1, -0.05) is 13.8 Å². The number of nitro groups is 1. The molecule has 0 unspecified atom stereocenters. The second-order valence-corrected chi connectivity index (χ2v) is 5.61. The number of benzene rings is 1. The fourth-order valence-electron chi connectivity index (χ4n) is 2.19. The number of anilines is 2. The lowest BCUT2D eigenvalue weighted by Gasteiger charge is -2.25. The van der Waals surface area contributed by atoms with Crippen LogP contribution in [0.15, 0.2) is 18.2 Å². The Kier molecular flexibility index (Phi) is 3.93. The van der Waals surface area contributed by atoms with Crippen molar-refractivity contribution in [2.24, 2.45) is 5.92 Å². The summed E-state index contributed by atoms with van der Waals surface area (Å²) in [7, 11) is 0. The molecule has 0 saturated heterocycles. The molecule has 19 heavy (non-hydrogen) atoms. The Bertz CT molecular complexity index is 470. The Morgan fingerprint density at radius 1 is 1.47 bits per heavy atom. The second-order valence-electron chi connectivity index (χ2n) is 5.61. The van der Waals surface area contributed by atoms with Gasteiger partial charge in [-0.15, -0.1) is 0 Å². The zero-order chi connectivity index (χ0) is 14.0. The quantitative estimate of drug-likeness (QED) is 0.486. The van der Waals surface area contributed by atoms with Crippen molar-refractivity contribution in [3.63, 3.8) is 0 Å². The highest BCUT2D eigenvalue weighted by Crippen LogP contribution is 2.35. The van der Waals surface area contributed by atoms with E-state index in [-0.39, 0.29) is 11.4 Å². The molecule has 1 aliphatic carbocycles. The number of nitro benzene ring substituents is 1. The summed E-state index contributed by atoms with van der Waals surface area (Å²) in [5.41, 5.74) is 7.01. The van der Waals surface area contributed by atoms with Crippen LogP contribution in [0, 0.1) is 16.0 Å². The van der Waals surface area contributed by atoms with Gasteiger partial charge in [0, 0.05) is 24.3 Å². The Morgan fingerprint density at radius 2 is 2.16 bits per heavy atom. The van der Waals surface area contributed by atoms with Gasteiger partial charge in [0.15, 0.2) is 0 Å². The van der Waals surface area contributed by atoms with E-state index in [0.29, 0.717) is 12.0 Å². The third kappa shape index (κ3) is 3.36. The highest BCUT2D eigenvalue weighted by molar-refractivity contribution is 5.67. The maximum Gasteiger partial charge on any atom is 0.292 e. The zero-order valence-electron chi connectivity index (χ0n) is 11.5. The van der Waals surface area contributed by atoms with Gasteiger partial charge in [-0.2, -0.15) is 0 Å². The van der Waals surface area contributed by atoms with Crippen molar-refractivity contribution < 1.29 is 4.92 Å². The average Bonchev–Trinajstić information content (AvgIpc) is 3.13. The molecule has 0 bridgehead atoms. The highest BCUT2D eigenvalue weighted by Gasteiger charge is 2.29. The van der Waals surface area contributed by atoms with Crippen molar-refractivity contribution in [1.29, 1.82) is 0 Å². The van der Waals surface area contributed by atoms with Crippen LogP contribution in [0.25, 0.3) is 0 Å². The van der Waals surface area contributed by atoms with Gasteiger partial charge in [-0.3, -0.25) is 10.1 Å². The first-order valence-electron chi connectivity index (χ1n) is 6.79. The molecule has 0 aromatic heterocycles. The van der Waals surface area contributed by atoms with Gasteiger partial charge in [0.2, 0.25) is 0 Å². The summed E-state index contributed by atoms with van der Waals surface area (Å²) in [5, 5.41) is 10.8. The molecule has 1 aromatic carbocycles. The number of rotatable bonds is 6. The van der Waals surface area contributed by atoms with E-state index in [0.717, 1.165) is 18.7 Å². The number of nitrogen functional groups attached to an aromatic ring is 1. The molecule has 2 rings (SSSR count). The summed E-state index contributed by atoms with van der Waals surface area (Å²) in [6, 6.07) is 5.64. The van der Waals surface area contributed by atoms with E-state index in [1.807, 2.05) is 6.07 Å². The molecule has 0 spiro atoms. The van der Waals surface area contributed by atoms with Crippen molar-refractivity contribution in [3.05, 3.63) is 28.3 Å². The minimum Gasteiger partial charge on any atom is -0.393 e. The van der Waals surface area contributed by atoms with Gasteiger partial charge in [0.05, 0.1) is 4.92 Å². The average molecular weight is 263 g/mol. The lowest BCUT2D eigenvalue weighted by molar-refractivity contribution is -0.383. The van der Waals surface area contributed by atoms with Crippen LogP contribution in [0.3, 0.4) is 0 Å². The summed E-state index contributed by atoms with van der Waals surface area (Å²) in [6.45, 7) is 5.39. The third-order valence-corrected chi connectivity index (χ3v) is 3.47. The van der Waals surface area contributed by atoms with Crippen molar-refractivity contribution in [1.82, 2.24) is 0 Å². The van der Waals surface area contributed by atoms with Gasteiger partial charge in [0.1, 0.15) is 5.69 Å². The molecule has 1 saturated carbocycles. The molecule has 1 aliphatic rings. The van der Waals surface area contributed by atoms with Crippen molar-refractivity contribution in [2.75, 3.05) is 17.2 Å². The standard InChI is InChI=1S/C14H21N3O2/c1-10(2)7-8-16(11-3-4-11)12-5-6-14(17(18)19)13(15)9-12/h5-6,9-11H,3-4,7-8,15H2,1-2H3. The van der Waals surface area contributed by atoms with Crippen molar-refractivity contribution >= 4 is 17.1 Å². The van der Waals surface area contributed by atoms with Crippen LogP contribution >= 0.6 is 0 Å². The summed E-state index contributed by atoms with van der Waals surface area (Å²) in [5.74, 6) is 0.650. The van der Waals surface area contributed by atoms with E-state index < -0.39 is 4.92 Å². The number of hydrogen-bond acceptors (Lipinski definition) is 4. The molecular formula is C14H21N3O2. The Morgan fingerprint density at radius 3 is 2.63 bits per heavy atom. The molecule has 0 radical (unpaired) electrons. The molecule has 5 heteroatoms. The summed E-state index contributed by atoms with van der Waals surface area (Å²) in [6.07, 6.45) is 3.53. The minimum absolute atomic E-state index is 0.0108. The molecule has 1 aromatic rings.